The molecule has 0 aliphatic heterocycles. The summed E-state index contributed by atoms with van der Waals surface area (Å²) < 4.78 is 41.7. The predicted molar refractivity (Wildman–Crippen MR) is 61.0 cm³/mol. The van der Waals surface area contributed by atoms with Gasteiger partial charge in [-0.1, -0.05) is 13.8 Å². The van der Waals surface area contributed by atoms with Crippen molar-refractivity contribution in [2.24, 2.45) is 11.8 Å². The molecule has 1 rings (SSSR count). The number of nitrogens with one attached hydrogen (secondary N) is 1. The van der Waals surface area contributed by atoms with Crippen molar-refractivity contribution in [2.45, 2.75) is 44.8 Å². The molecular weight excluding hydrogens is 247 g/mol. The standard InChI is InChI=1S/C12H20F3NO2/c1-8-4-5-11(9(2)6-8,10(17)18-3)16-7-12(13,14)15/h8-9,16H,4-7H2,1-3H3. The number of carbonyl (C=O) groups excluding carboxylic acids is 1. The fourth-order valence-electron chi connectivity index (χ4n) is 2.72. The first-order valence-corrected chi connectivity index (χ1v) is 6.11. The van der Waals surface area contributed by atoms with Crippen molar-refractivity contribution in [1.29, 1.82) is 0 Å². The maximum Gasteiger partial charge on any atom is 0.401 e. The summed E-state index contributed by atoms with van der Waals surface area (Å²) in [6.45, 7) is 2.68. The first-order valence-electron chi connectivity index (χ1n) is 6.11. The van der Waals surface area contributed by atoms with Gasteiger partial charge in [-0.2, -0.15) is 13.2 Å². The average Bonchev–Trinajstić information content (AvgIpc) is 2.26. The molecule has 106 valence electrons. The lowest BCUT2D eigenvalue weighted by atomic mass is 9.70. The van der Waals surface area contributed by atoms with Gasteiger partial charge in [0, 0.05) is 0 Å². The van der Waals surface area contributed by atoms with Crippen molar-refractivity contribution in [1.82, 2.24) is 5.32 Å². The first kappa shape index (κ1) is 15.3. The quantitative estimate of drug-likeness (QED) is 0.798. The number of methoxy groups -OCH3 is 1. The SMILES string of the molecule is COC(=O)C1(NCC(F)(F)F)CCC(C)CC1C. The molecule has 0 bridgehead atoms. The van der Waals surface area contributed by atoms with Crippen LogP contribution in [0.2, 0.25) is 0 Å². The number of hydrogen-bond acceptors (Lipinski definition) is 3. The van der Waals surface area contributed by atoms with Gasteiger partial charge in [0.25, 0.3) is 0 Å². The van der Waals surface area contributed by atoms with Gasteiger partial charge in [0.15, 0.2) is 0 Å². The number of hydrogen-bond donors (Lipinski definition) is 1. The molecule has 6 heteroatoms. The average molecular weight is 267 g/mol. The minimum atomic E-state index is -4.33. The molecule has 18 heavy (non-hydrogen) atoms. The van der Waals surface area contributed by atoms with E-state index in [1.54, 1.807) is 6.92 Å². The van der Waals surface area contributed by atoms with Crippen molar-refractivity contribution >= 4 is 5.97 Å². The van der Waals surface area contributed by atoms with E-state index in [1.807, 2.05) is 6.92 Å². The van der Waals surface area contributed by atoms with Gasteiger partial charge in [0.2, 0.25) is 0 Å². The minimum Gasteiger partial charge on any atom is -0.468 e. The molecule has 3 nitrogen and oxygen atoms in total. The van der Waals surface area contributed by atoms with Crippen LogP contribution >= 0.6 is 0 Å². The number of rotatable bonds is 3. The Labute approximate surface area is 105 Å². The van der Waals surface area contributed by atoms with Crippen LogP contribution in [-0.4, -0.2) is 31.3 Å². The van der Waals surface area contributed by atoms with Crippen molar-refractivity contribution in [3.63, 3.8) is 0 Å². The minimum absolute atomic E-state index is 0.170. The zero-order valence-electron chi connectivity index (χ0n) is 10.9. The summed E-state index contributed by atoms with van der Waals surface area (Å²) in [7, 11) is 1.21. The molecule has 0 saturated heterocycles. The van der Waals surface area contributed by atoms with Gasteiger partial charge in [-0.15, -0.1) is 0 Å². The number of alkyl halides is 3. The number of ether oxygens (including phenoxy) is 1. The van der Waals surface area contributed by atoms with E-state index < -0.39 is 24.2 Å². The fourth-order valence-corrected chi connectivity index (χ4v) is 2.72. The molecule has 0 aromatic carbocycles. The molecule has 0 amide bonds. The highest BCUT2D eigenvalue weighted by molar-refractivity contribution is 5.81. The highest BCUT2D eigenvalue weighted by Crippen LogP contribution is 2.38. The Morgan fingerprint density at radius 2 is 2.06 bits per heavy atom. The van der Waals surface area contributed by atoms with E-state index in [0.29, 0.717) is 12.3 Å². The molecule has 1 saturated carbocycles. The molecule has 0 heterocycles. The Balaban J connectivity index is 2.85. The molecule has 1 N–H and O–H groups in total. The van der Waals surface area contributed by atoms with Crippen LogP contribution < -0.4 is 5.32 Å². The van der Waals surface area contributed by atoms with E-state index in [2.05, 4.69) is 5.32 Å². The van der Waals surface area contributed by atoms with Crippen molar-refractivity contribution < 1.29 is 22.7 Å². The van der Waals surface area contributed by atoms with Gasteiger partial charge in [0.1, 0.15) is 5.54 Å². The Morgan fingerprint density at radius 3 is 2.50 bits per heavy atom. The van der Waals surface area contributed by atoms with Gasteiger partial charge < -0.3 is 4.74 Å². The van der Waals surface area contributed by atoms with Crippen molar-refractivity contribution in [2.75, 3.05) is 13.7 Å². The summed E-state index contributed by atoms with van der Waals surface area (Å²) in [4.78, 5) is 11.9. The van der Waals surface area contributed by atoms with Crippen LogP contribution in [0.1, 0.15) is 33.1 Å². The third-order valence-corrected chi connectivity index (χ3v) is 3.78. The lowest BCUT2D eigenvalue weighted by Crippen LogP contribution is -2.61. The monoisotopic (exact) mass is 267 g/mol. The molecule has 0 spiro atoms. The van der Waals surface area contributed by atoms with Crippen LogP contribution in [0.25, 0.3) is 0 Å². The maximum absolute atomic E-state index is 12.3. The third kappa shape index (κ3) is 3.37. The van der Waals surface area contributed by atoms with Crippen molar-refractivity contribution in [3.05, 3.63) is 0 Å². The summed E-state index contributed by atoms with van der Waals surface area (Å²) in [5.74, 6) is -0.340. The van der Waals surface area contributed by atoms with E-state index in [4.69, 9.17) is 4.74 Å². The number of esters is 1. The number of carbonyl (C=O) groups is 1. The summed E-state index contributed by atoms with van der Waals surface area (Å²) in [6.07, 6.45) is -2.49. The molecule has 1 aliphatic carbocycles. The molecule has 0 aromatic rings. The summed E-state index contributed by atoms with van der Waals surface area (Å²) >= 11 is 0. The van der Waals surface area contributed by atoms with Gasteiger partial charge in [-0.3, -0.25) is 10.1 Å². The highest BCUT2D eigenvalue weighted by atomic mass is 19.4. The lowest BCUT2D eigenvalue weighted by Gasteiger charge is -2.43. The van der Waals surface area contributed by atoms with Crippen molar-refractivity contribution in [3.8, 4) is 0 Å². The van der Waals surface area contributed by atoms with E-state index in [0.717, 1.165) is 12.8 Å². The third-order valence-electron chi connectivity index (χ3n) is 3.78. The second-order valence-electron chi connectivity index (χ2n) is 5.21. The van der Waals surface area contributed by atoms with Gasteiger partial charge >= 0.3 is 12.1 Å². The smallest absolute Gasteiger partial charge is 0.401 e. The first-order chi connectivity index (χ1) is 8.21. The second kappa shape index (κ2) is 5.47. The lowest BCUT2D eigenvalue weighted by molar-refractivity contribution is -0.159. The second-order valence-corrected chi connectivity index (χ2v) is 5.21. The Hall–Kier alpha value is -0.780. The van der Waals surface area contributed by atoms with Gasteiger partial charge in [-0.05, 0) is 31.1 Å². The molecule has 0 aromatic heterocycles. The van der Waals surface area contributed by atoms with E-state index in [-0.39, 0.29) is 5.92 Å². The van der Waals surface area contributed by atoms with Crippen LogP contribution in [0.3, 0.4) is 0 Å². The summed E-state index contributed by atoms with van der Waals surface area (Å²) in [5, 5.41) is 2.40. The zero-order chi connectivity index (χ0) is 14.0. The molecule has 3 unspecified atom stereocenters. The zero-order valence-corrected chi connectivity index (χ0v) is 10.9. The Bertz CT molecular complexity index is 306. The molecule has 1 fully saturated rings. The summed E-state index contributed by atoms with van der Waals surface area (Å²) in [6, 6.07) is 0. The van der Waals surface area contributed by atoms with Gasteiger partial charge in [-0.25, -0.2) is 0 Å². The molecule has 1 aliphatic rings. The predicted octanol–water partition coefficient (Wildman–Crippen LogP) is 2.51. The molecular formula is C12H20F3NO2. The van der Waals surface area contributed by atoms with E-state index in [9.17, 15) is 18.0 Å². The van der Waals surface area contributed by atoms with Crippen LogP contribution in [0.5, 0.6) is 0 Å². The number of halogens is 3. The highest BCUT2D eigenvalue weighted by Gasteiger charge is 2.48. The van der Waals surface area contributed by atoms with Crippen LogP contribution in [0.4, 0.5) is 13.2 Å². The van der Waals surface area contributed by atoms with E-state index in [1.165, 1.54) is 7.11 Å². The largest absolute Gasteiger partial charge is 0.468 e. The van der Waals surface area contributed by atoms with Crippen LogP contribution in [-0.2, 0) is 9.53 Å². The molecule has 3 atom stereocenters. The van der Waals surface area contributed by atoms with Crippen LogP contribution in [0.15, 0.2) is 0 Å². The Kier molecular flexibility index (Phi) is 4.64. The molecule has 0 radical (unpaired) electrons. The van der Waals surface area contributed by atoms with Gasteiger partial charge in [0.05, 0.1) is 13.7 Å². The normalized spacial score (nSPS) is 33.2. The summed E-state index contributed by atoms with van der Waals surface area (Å²) in [5.41, 5.74) is -1.20. The van der Waals surface area contributed by atoms with E-state index >= 15 is 0 Å². The maximum atomic E-state index is 12.3. The topological polar surface area (TPSA) is 38.3 Å². The van der Waals surface area contributed by atoms with Crippen LogP contribution in [0, 0.1) is 11.8 Å². The fraction of sp³-hybridized carbons (Fsp3) is 0.917. The Morgan fingerprint density at radius 1 is 1.44 bits per heavy atom.